The zero-order valence-corrected chi connectivity index (χ0v) is 15.2. The summed E-state index contributed by atoms with van der Waals surface area (Å²) in [6.07, 6.45) is 6.48. The lowest BCUT2D eigenvalue weighted by Crippen LogP contribution is -2.36. The molecule has 2 aromatic heterocycles. The number of nitrogens with one attached hydrogen (secondary N) is 4. The summed E-state index contributed by atoms with van der Waals surface area (Å²) >= 11 is 0. The van der Waals surface area contributed by atoms with Crippen molar-refractivity contribution in [3.63, 3.8) is 0 Å². The number of amides is 1. The number of hydrogen-bond donors (Lipinski definition) is 5. The average Bonchev–Trinajstić information content (AvgIpc) is 3.11. The molecule has 0 aromatic carbocycles. The van der Waals surface area contributed by atoms with Gasteiger partial charge in [0, 0.05) is 24.9 Å². The highest BCUT2D eigenvalue weighted by Gasteiger charge is 2.27. The van der Waals surface area contributed by atoms with Crippen molar-refractivity contribution in [1.29, 1.82) is 5.41 Å². The number of methoxy groups -OCH3 is 1. The highest BCUT2D eigenvalue weighted by Crippen LogP contribution is 2.31. The predicted molar refractivity (Wildman–Crippen MR) is 101 cm³/mol. The predicted octanol–water partition coefficient (Wildman–Crippen LogP) is 1.58. The van der Waals surface area contributed by atoms with Crippen LogP contribution in [0.4, 0.5) is 5.69 Å². The Morgan fingerprint density at radius 3 is 2.78 bits per heavy atom. The second-order valence-electron chi connectivity index (χ2n) is 6.78. The van der Waals surface area contributed by atoms with E-state index in [1.807, 2.05) is 0 Å². The van der Waals surface area contributed by atoms with Crippen LogP contribution in [0.1, 0.15) is 36.0 Å². The summed E-state index contributed by atoms with van der Waals surface area (Å²) in [5.74, 6) is -0.228. The fraction of sp³-hybridized carbons (Fsp3) is 0.444. The van der Waals surface area contributed by atoms with Crippen LogP contribution in [0, 0.1) is 17.2 Å². The molecule has 0 bridgehead atoms. The molecule has 0 unspecified atom stereocenters. The number of rotatable bonds is 5. The molecule has 0 aliphatic heterocycles. The van der Waals surface area contributed by atoms with Gasteiger partial charge >= 0.3 is 5.97 Å². The van der Waals surface area contributed by atoms with Gasteiger partial charge in [-0.3, -0.25) is 10.2 Å². The molecular weight excluding hydrogens is 348 g/mol. The van der Waals surface area contributed by atoms with Crippen molar-refractivity contribution in [2.24, 2.45) is 17.6 Å². The van der Waals surface area contributed by atoms with Crippen molar-refractivity contribution in [2.75, 3.05) is 19.0 Å². The molecule has 2 heterocycles. The first-order valence-corrected chi connectivity index (χ1v) is 8.92. The van der Waals surface area contributed by atoms with Crippen molar-refractivity contribution in [1.82, 2.24) is 15.3 Å². The number of pyridine rings is 1. The number of guanidine groups is 1. The highest BCUT2D eigenvalue weighted by molar-refractivity contribution is 6.11. The fourth-order valence-corrected chi connectivity index (χ4v) is 3.55. The Bertz CT molecular complexity index is 854. The Hall–Kier alpha value is -3.10. The number of aromatic amines is 1. The number of esters is 1. The second kappa shape index (κ2) is 8.07. The number of anilines is 1. The van der Waals surface area contributed by atoms with E-state index < -0.39 is 5.97 Å². The lowest BCUT2D eigenvalue weighted by molar-refractivity contribution is -0.121. The van der Waals surface area contributed by atoms with E-state index in [4.69, 9.17) is 15.9 Å². The molecule has 1 aliphatic carbocycles. The molecule has 1 amide bonds. The van der Waals surface area contributed by atoms with E-state index in [1.165, 1.54) is 13.3 Å². The van der Waals surface area contributed by atoms with Gasteiger partial charge in [-0.15, -0.1) is 0 Å². The van der Waals surface area contributed by atoms with Crippen LogP contribution in [0.25, 0.3) is 11.0 Å². The summed E-state index contributed by atoms with van der Waals surface area (Å²) in [5, 5.41) is 13.6. The molecule has 27 heavy (non-hydrogen) atoms. The zero-order chi connectivity index (χ0) is 19.4. The molecule has 2 aromatic rings. The summed E-state index contributed by atoms with van der Waals surface area (Å²) in [5.41, 5.74) is 6.73. The molecule has 1 aliphatic rings. The Morgan fingerprint density at radius 2 is 2.11 bits per heavy atom. The first-order chi connectivity index (χ1) is 13.0. The number of hydrogen-bond acceptors (Lipinski definition) is 5. The van der Waals surface area contributed by atoms with Crippen LogP contribution >= 0.6 is 0 Å². The van der Waals surface area contributed by atoms with Crippen LogP contribution < -0.4 is 16.4 Å². The normalized spacial score (nSPS) is 19.4. The van der Waals surface area contributed by atoms with Crippen LogP contribution in [0.2, 0.25) is 0 Å². The van der Waals surface area contributed by atoms with Crippen molar-refractivity contribution in [3.05, 3.63) is 24.0 Å². The number of nitrogens with two attached hydrogens (primary N) is 1. The lowest BCUT2D eigenvalue weighted by Gasteiger charge is -2.28. The molecule has 9 heteroatoms. The van der Waals surface area contributed by atoms with Crippen LogP contribution in [-0.2, 0) is 9.53 Å². The molecule has 0 spiro atoms. The molecular formula is C18H24N6O3. The van der Waals surface area contributed by atoms with Crippen LogP contribution in [0.15, 0.2) is 18.5 Å². The van der Waals surface area contributed by atoms with Gasteiger partial charge in [0.1, 0.15) is 5.65 Å². The summed E-state index contributed by atoms with van der Waals surface area (Å²) in [6, 6.07) is 1.68. The van der Waals surface area contributed by atoms with Gasteiger partial charge in [-0.2, -0.15) is 0 Å². The lowest BCUT2D eigenvalue weighted by atomic mass is 9.81. The number of carbonyl (C=O) groups is 2. The first-order valence-electron chi connectivity index (χ1n) is 8.92. The monoisotopic (exact) mass is 372 g/mol. The minimum absolute atomic E-state index is 0.0236. The van der Waals surface area contributed by atoms with E-state index in [9.17, 15) is 9.59 Å². The summed E-state index contributed by atoms with van der Waals surface area (Å²) in [4.78, 5) is 31.8. The number of aromatic nitrogens is 2. The zero-order valence-electron chi connectivity index (χ0n) is 15.2. The van der Waals surface area contributed by atoms with Gasteiger partial charge in [-0.05, 0) is 37.7 Å². The van der Waals surface area contributed by atoms with Gasteiger partial charge in [0.15, 0.2) is 5.96 Å². The molecule has 6 N–H and O–H groups in total. The quantitative estimate of drug-likeness (QED) is 0.306. The number of fused-ring (bicyclic) bond motifs is 1. The van der Waals surface area contributed by atoms with Crippen LogP contribution in [0.5, 0.6) is 0 Å². The van der Waals surface area contributed by atoms with Crippen molar-refractivity contribution < 1.29 is 14.3 Å². The third kappa shape index (κ3) is 4.18. The van der Waals surface area contributed by atoms with Crippen molar-refractivity contribution in [3.8, 4) is 0 Å². The standard InChI is InChI=1S/C18H24N6O3/c1-27-17(26)12-9-22-15-14(12)13(6-7-21-15)24-16(25)11-4-2-10(3-5-11)8-23-18(19)20/h6-7,9-11H,2-5,8H2,1H3,(H4,19,20,23)(H2,21,22,24,25). The van der Waals surface area contributed by atoms with Gasteiger partial charge in [-0.1, -0.05) is 0 Å². The molecule has 3 rings (SSSR count). The Kier molecular flexibility index (Phi) is 5.58. The summed E-state index contributed by atoms with van der Waals surface area (Å²) in [6.45, 7) is 0.667. The average molecular weight is 372 g/mol. The van der Waals surface area contributed by atoms with Gasteiger partial charge < -0.3 is 26.1 Å². The van der Waals surface area contributed by atoms with Crippen LogP contribution in [-0.4, -0.2) is 41.5 Å². The molecule has 0 saturated heterocycles. The van der Waals surface area contributed by atoms with Gasteiger partial charge in [0.05, 0.1) is 23.7 Å². The van der Waals surface area contributed by atoms with Gasteiger partial charge in [-0.25, -0.2) is 9.78 Å². The minimum Gasteiger partial charge on any atom is -0.465 e. The Labute approximate surface area is 156 Å². The molecule has 0 radical (unpaired) electrons. The van der Waals surface area contributed by atoms with Crippen LogP contribution in [0.3, 0.4) is 0 Å². The third-order valence-corrected chi connectivity index (χ3v) is 5.04. The highest BCUT2D eigenvalue weighted by atomic mass is 16.5. The van der Waals surface area contributed by atoms with E-state index in [0.717, 1.165) is 25.7 Å². The topological polar surface area (TPSA) is 146 Å². The summed E-state index contributed by atoms with van der Waals surface area (Å²) in [7, 11) is 1.31. The largest absolute Gasteiger partial charge is 0.465 e. The van der Waals surface area contributed by atoms with E-state index in [0.29, 0.717) is 34.7 Å². The SMILES string of the molecule is COC(=O)c1c[nH]c2nccc(NC(=O)C3CCC(CNC(=N)N)CC3)c12. The third-order valence-electron chi connectivity index (χ3n) is 5.04. The number of ether oxygens (including phenoxy) is 1. The van der Waals surface area contributed by atoms with Gasteiger partial charge in [0.25, 0.3) is 0 Å². The molecule has 1 fully saturated rings. The van der Waals surface area contributed by atoms with Gasteiger partial charge in [0.2, 0.25) is 5.91 Å². The number of carbonyl (C=O) groups excluding carboxylic acids is 2. The summed E-state index contributed by atoms with van der Waals surface area (Å²) < 4.78 is 4.80. The van der Waals surface area contributed by atoms with E-state index in [1.54, 1.807) is 12.3 Å². The maximum absolute atomic E-state index is 12.7. The maximum atomic E-state index is 12.7. The van der Waals surface area contributed by atoms with Crippen molar-refractivity contribution >= 4 is 34.6 Å². The number of H-pyrrole nitrogens is 1. The molecule has 1 saturated carbocycles. The number of nitrogens with zero attached hydrogens (tertiary/aromatic N) is 1. The molecule has 144 valence electrons. The maximum Gasteiger partial charge on any atom is 0.340 e. The minimum atomic E-state index is -0.483. The first kappa shape index (κ1) is 18.7. The van der Waals surface area contributed by atoms with Crippen molar-refractivity contribution in [2.45, 2.75) is 25.7 Å². The van der Waals surface area contributed by atoms with E-state index >= 15 is 0 Å². The smallest absolute Gasteiger partial charge is 0.340 e. The second-order valence-corrected chi connectivity index (χ2v) is 6.78. The Balaban J connectivity index is 1.67. The molecule has 9 nitrogen and oxygen atoms in total. The van der Waals surface area contributed by atoms with E-state index in [-0.39, 0.29) is 17.8 Å². The molecule has 0 atom stereocenters. The van der Waals surface area contributed by atoms with E-state index in [2.05, 4.69) is 20.6 Å². The Morgan fingerprint density at radius 1 is 1.37 bits per heavy atom. The fourth-order valence-electron chi connectivity index (χ4n) is 3.55.